The van der Waals surface area contributed by atoms with Gasteiger partial charge in [-0.2, -0.15) is 52.7 Å². The summed E-state index contributed by atoms with van der Waals surface area (Å²) < 4.78 is 181. The Bertz CT molecular complexity index is 2080. The monoisotopic (exact) mass is 944 g/mol. The normalized spacial score (nSPS) is 19.4. The average Bonchev–Trinajstić information content (AvgIpc) is 3.24. The van der Waals surface area contributed by atoms with Crippen molar-refractivity contribution in [1.29, 1.82) is 0 Å². The van der Waals surface area contributed by atoms with Crippen LogP contribution in [0.4, 0.5) is 68.7 Å². The average molecular weight is 945 g/mol. The Hall–Kier alpha value is -5.21. The molecule has 2 aliphatic heterocycles. The maximum absolute atomic E-state index is 13.1. The summed E-state index contributed by atoms with van der Waals surface area (Å²) in [5.41, 5.74) is -3.27. The highest BCUT2D eigenvalue weighted by Gasteiger charge is 2.36. The van der Waals surface area contributed by atoms with E-state index in [2.05, 4.69) is 9.97 Å². The van der Waals surface area contributed by atoms with E-state index in [-0.39, 0.29) is 54.5 Å². The Kier molecular flexibility index (Phi) is 18.0. The van der Waals surface area contributed by atoms with E-state index < -0.39 is 52.8 Å². The van der Waals surface area contributed by atoms with Crippen molar-refractivity contribution >= 4 is 11.6 Å². The van der Waals surface area contributed by atoms with E-state index in [1.807, 2.05) is 30.6 Å². The van der Waals surface area contributed by atoms with Gasteiger partial charge in [0.25, 0.3) is 0 Å². The van der Waals surface area contributed by atoms with Crippen LogP contribution < -0.4 is 24.0 Å². The van der Waals surface area contributed by atoms with Crippen molar-refractivity contribution in [3.8, 4) is 17.2 Å². The first-order valence-corrected chi connectivity index (χ1v) is 20.6. The van der Waals surface area contributed by atoms with Crippen LogP contribution in [-0.4, -0.2) is 66.7 Å². The van der Waals surface area contributed by atoms with Gasteiger partial charge < -0.3 is 29.1 Å². The van der Waals surface area contributed by atoms with Crippen LogP contribution in [-0.2, 0) is 24.7 Å². The number of anilines is 2. The van der Waals surface area contributed by atoms with E-state index in [0.717, 1.165) is 42.7 Å². The number of nitrogens with zero attached hydrogens (tertiary/aromatic N) is 4. The molecule has 2 aromatic heterocycles. The number of rotatable bonds is 10. The van der Waals surface area contributed by atoms with E-state index in [4.69, 9.17) is 14.2 Å². The van der Waals surface area contributed by atoms with Gasteiger partial charge in [-0.3, -0.25) is 0 Å². The molecule has 21 heteroatoms. The van der Waals surface area contributed by atoms with Crippen molar-refractivity contribution in [2.75, 3.05) is 49.2 Å². The highest BCUT2D eigenvalue weighted by Crippen LogP contribution is 2.39. The Labute approximate surface area is 367 Å². The molecule has 2 fully saturated rings. The van der Waals surface area contributed by atoms with Gasteiger partial charge in [0.15, 0.2) is 23.1 Å². The van der Waals surface area contributed by atoms with Crippen molar-refractivity contribution in [2.24, 2.45) is 11.8 Å². The summed E-state index contributed by atoms with van der Waals surface area (Å²) in [4.78, 5) is 11.6. The Balaban J connectivity index is 0.000000236. The second-order valence-electron chi connectivity index (χ2n) is 15.5. The molecule has 0 radical (unpaired) electrons. The molecule has 6 rings (SSSR count). The molecule has 4 heterocycles. The van der Waals surface area contributed by atoms with E-state index >= 15 is 0 Å². The molecular formula is C44H49F13N4O4. The van der Waals surface area contributed by atoms with Gasteiger partial charge in [-0.1, -0.05) is 27.7 Å². The lowest BCUT2D eigenvalue weighted by molar-refractivity contribution is -0.138. The summed E-state index contributed by atoms with van der Waals surface area (Å²) in [6.07, 6.45) is -14.4. The van der Waals surface area contributed by atoms with Crippen molar-refractivity contribution in [3.63, 3.8) is 0 Å². The topological polar surface area (TPSA) is 80.2 Å². The van der Waals surface area contributed by atoms with Gasteiger partial charge in [-0.05, 0) is 85.8 Å². The van der Waals surface area contributed by atoms with Gasteiger partial charge in [0.1, 0.15) is 17.7 Å². The molecule has 4 aromatic rings. The molecule has 0 saturated carbocycles. The van der Waals surface area contributed by atoms with Crippen LogP contribution in [0.25, 0.3) is 0 Å². The van der Waals surface area contributed by atoms with E-state index in [1.54, 1.807) is 6.92 Å². The number of hydrogen-bond donors (Lipinski definition) is 1. The smallest absolute Gasteiger partial charge is 0.417 e. The minimum absolute atomic E-state index is 0.0423. The molecule has 0 amide bonds. The number of ether oxygens (including phenoxy) is 3. The maximum Gasteiger partial charge on any atom is 0.417 e. The molecule has 65 heavy (non-hydrogen) atoms. The third-order valence-electron chi connectivity index (χ3n) is 10.2. The molecule has 0 aliphatic carbocycles. The summed E-state index contributed by atoms with van der Waals surface area (Å²) in [6.45, 7) is 10.1. The molecule has 360 valence electrons. The fraction of sp³-hybridized carbons (Fsp3) is 0.500. The molecule has 2 aliphatic rings. The van der Waals surface area contributed by atoms with Crippen LogP contribution in [0.3, 0.4) is 0 Å². The summed E-state index contributed by atoms with van der Waals surface area (Å²) in [5.74, 6) is 0.164. The number of pyridine rings is 2. The number of aromatic nitrogens is 2. The summed E-state index contributed by atoms with van der Waals surface area (Å²) >= 11 is 0. The summed E-state index contributed by atoms with van der Waals surface area (Å²) in [5, 5.41) is 9.60. The number of halogens is 13. The number of aliphatic hydroxyl groups is 1. The predicted octanol–water partition coefficient (Wildman–Crippen LogP) is 12.1. The lowest BCUT2D eigenvalue weighted by Gasteiger charge is -2.37. The zero-order valence-corrected chi connectivity index (χ0v) is 35.7. The molecule has 2 aromatic carbocycles. The largest absolute Gasteiger partial charge is 0.491 e. The molecular weight excluding hydrogens is 895 g/mol. The second-order valence-corrected chi connectivity index (χ2v) is 15.5. The number of aliphatic hydroxyl groups excluding tert-OH is 1. The standard InChI is InChI=1S/C22H24F6N2O2.C12H15F3N2O.C10H10F4O/c1-3-10-31-19-11-15(21(23,24)25)4-6-18(19)32-17-8-9-30(13-14(17)2)20-7-5-16(12-29-20)22(26,27)28;1-8-7-17(5-4-10(8)18)11-3-2-9(6-16-11)12(13,14)15;1-2-5-15-9-6-7(10(12,13)14)3-4-8(9)11/h4-7,11-12,14,17H,3,8-10,13H2,1-2H3;2-3,6,8,10,18H,4-5,7H2,1H3;3-4,6H,2,5H2,1H3/t14-,17+;8-,10+;/m00./s1. The van der Waals surface area contributed by atoms with Crippen LogP contribution in [0.5, 0.6) is 17.2 Å². The van der Waals surface area contributed by atoms with Gasteiger partial charge in [0, 0.05) is 50.9 Å². The first-order valence-electron chi connectivity index (χ1n) is 20.6. The molecule has 1 N–H and O–H groups in total. The first kappa shape index (κ1) is 52.4. The molecule has 0 bridgehead atoms. The van der Waals surface area contributed by atoms with E-state index in [9.17, 15) is 62.2 Å². The zero-order valence-electron chi connectivity index (χ0n) is 35.7. The van der Waals surface area contributed by atoms with Gasteiger partial charge in [-0.15, -0.1) is 0 Å². The van der Waals surface area contributed by atoms with E-state index in [1.165, 1.54) is 18.2 Å². The third kappa shape index (κ3) is 15.4. The van der Waals surface area contributed by atoms with Crippen molar-refractivity contribution in [2.45, 2.75) is 90.3 Å². The SMILES string of the molecule is CCCOc1cc(C(F)(F)F)ccc1F.CCCOc1cc(C(F)(F)F)ccc1O[C@@H]1CCN(c2ccc(C(F)(F)F)cn2)C[C@@H]1C.C[C@H]1CN(c2ccc(C(F)(F)F)cn2)CC[C@H]1O. The quantitative estimate of drug-likeness (QED) is 0.158. The minimum atomic E-state index is -4.49. The van der Waals surface area contributed by atoms with Crippen LogP contribution in [0.15, 0.2) is 73.1 Å². The number of hydrogen-bond acceptors (Lipinski definition) is 8. The Morgan fingerprint density at radius 3 is 1.43 bits per heavy atom. The lowest BCUT2D eigenvalue weighted by atomic mass is 9.96. The molecule has 4 atom stereocenters. The zero-order chi connectivity index (χ0) is 48.3. The maximum atomic E-state index is 13.1. The third-order valence-corrected chi connectivity index (χ3v) is 10.2. The Morgan fingerprint density at radius 2 is 1.00 bits per heavy atom. The fourth-order valence-corrected chi connectivity index (χ4v) is 6.60. The van der Waals surface area contributed by atoms with Gasteiger partial charge in [0.05, 0.1) is 41.6 Å². The van der Waals surface area contributed by atoms with Crippen LogP contribution in [0.1, 0.15) is 75.6 Å². The number of piperidine rings is 2. The summed E-state index contributed by atoms with van der Waals surface area (Å²) in [7, 11) is 0. The van der Waals surface area contributed by atoms with Gasteiger partial charge in [-0.25, -0.2) is 14.4 Å². The molecule has 0 unspecified atom stereocenters. The number of benzene rings is 2. The van der Waals surface area contributed by atoms with Crippen molar-refractivity contribution < 1.29 is 76.4 Å². The first-order chi connectivity index (χ1) is 30.3. The molecule has 2 saturated heterocycles. The van der Waals surface area contributed by atoms with Gasteiger partial charge >= 0.3 is 24.7 Å². The van der Waals surface area contributed by atoms with Crippen molar-refractivity contribution in [3.05, 3.63) is 101 Å². The molecule has 0 spiro atoms. The van der Waals surface area contributed by atoms with Crippen molar-refractivity contribution in [1.82, 2.24) is 9.97 Å². The van der Waals surface area contributed by atoms with Crippen LogP contribution in [0.2, 0.25) is 0 Å². The molecule has 8 nitrogen and oxygen atoms in total. The fourth-order valence-electron chi connectivity index (χ4n) is 6.60. The Morgan fingerprint density at radius 1 is 0.569 bits per heavy atom. The predicted molar refractivity (Wildman–Crippen MR) is 215 cm³/mol. The van der Waals surface area contributed by atoms with Gasteiger partial charge in [0.2, 0.25) is 0 Å². The highest BCUT2D eigenvalue weighted by molar-refractivity contribution is 5.45. The summed E-state index contributed by atoms with van der Waals surface area (Å²) in [6, 6.07) is 10.0. The van der Waals surface area contributed by atoms with Crippen LogP contribution in [0, 0.1) is 17.7 Å². The lowest BCUT2D eigenvalue weighted by Crippen LogP contribution is -2.44. The van der Waals surface area contributed by atoms with E-state index in [0.29, 0.717) is 75.6 Å². The number of alkyl halides is 12. The minimum Gasteiger partial charge on any atom is -0.491 e. The second kappa shape index (κ2) is 22.3. The van der Waals surface area contributed by atoms with Crippen LogP contribution >= 0.6 is 0 Å². The highest BCUT2D eigenvalue weighted by atomic mass is 19.4.